The number of esters is 1. The minimum absolute atomic E-state index is 0.373. The highest BCUT2D eigenvalue weighted by molar-refractivity contribution is 5.86. The predicted molar refractivity (Wildman–Crippen MR) is 72.7 cm³/mol. The van der Waals surface area contributed by atoms with Crippen LogP contribution in [0.2, 0.25) is 0 Å². The summed E-state index contributed by atoms with van der Waals surface area (Å²) in [6.45, 7) is 11.1. The van der Waals surface area contributed by atoms with Crippen LogP contribution in [0.5, 0.6) is 0 Å². The zero-order chi connectivity index (χ0) is 15.1. The van der Waals surface area contributed by atoms with E-state index in [2.05, 4.69) is 0 Å². The number of carboxylic acids is 1. The molecular weight excluding hydrogens is 244 g/mol. The lowest BCUT2D eigenvalue weighted by Gasteiger charge is -2.42. The normalized spacial score (nSPS) is 28.2. The van der Waals surface area contributed by atoms with Gasteiger partial charge in [-0.2, -0.15) is 0 Å². The molecule has 0 amide bonds. The Balaban J connectivity index is 3.12. The Morgan fingerprint density at radius 3 is 2.05 bits per heavy atom. The number of rotatable bonds is 2. The maximum atomic E-state index is 12.3. The van der Waals surface area contributed by atoms with Gasteiger partial charge in [0.25, 0.3) is 0 Å². The molecule has 0 aromatic rings. The molecule has 0 spiro atoms. The first-order valence-electron chi connectivity index (χ1n) is 6.88. The Morgan fingerprint density at radius 2 is 1.68 bits per heavy atom. The maximum Gasteiger partial charge on any atom is 0.311 e. The molecule has 1 fully saturated rings. The van der Waals surface area contributed by atoms with Crippen LogP contribution in [-0.4, -0.2) is 22.6 Å². The Hall–Kier alpha value is -1.06. The minimum atomic E-state index is -1.02. The van der Waals surface area contributed by atoms with E-state index in [1.54, 1.807) is 20.8 Å². The first kappa shape index (κ1) is 16.0. The van der Waals surface area contributed by atoms with Gasteiger partial charge in [0.05, 0.1) is 11.3 Å². The van der Waals surface area contributed by atoms with Crippen LogP contribution in [-0.2, 0) is 14.3 Å². The molecule has 4 heteroatoms. The molecular formula is C15H26O4. The summed E-state index contributed by atoms with van der Waals surface area (Å²) in [5, 5.41) is 9.71. The van der Waals surface area contributed by atoms with Gasteiger partial charge in [-0.1, -0.05) is 27.2 Å². The van der Waals surface area contributed by atoms with Crippen molar-refractivity contribution in [2.24, 2.45) is 16.7 Å². The highest BCUT2D eigenvalue weighted by Gasteiger charge is 2.59. The van der Waals surface area contributed by atoms with Gasteiger partial charge in [0.15, 0.2) is 0 Å². The molecule has 4 nitrogen and oxygen atoms in total. The van der Waals surface area contributed by atoms with Crippen LogP contribution in [0.15, 0.2) is 0 Å². The summed E-state index contributed by atoms with van der Waals surface area (Å²) in [4.78, 5) is 24.2. The molecule has 1 aliphatic rings. The zero-order valence-electron chi connectivity index (χ0n) is 12.9. The molecule has 110 valence electrons. The molecule has 0 bridgehead atoms. The average molecular weight is 270 g/mol. The Kier molecular flexibility index (Phi) is 4.04. The quantitative estimate of drug-likeness (QED) is 0.782. The van der Waals surface area contributed by atoms with Crippen molar-refractivity contribution >= 4 is 11.9 Å². The van der Waals surface area contributed by atoms with Crippen molar-refractivity contribution in [1.82, 2.24) is 0 Å². The monoisotopic (exact) mass is 270 g/mol. The summed E-state index contributed by atoms with van der Waals surface area (Å²) in [5.74, 6) is -1.81. The van der Waals surface area contributed by atoms with Crippen LogP contribution in [0.1, 0.15) is 60.8 Å². The fraction of sp³-hybridized carbons (Fsp3) is 0.867. The zero-order valence-corrected chi connectivity index (χ0v) is 12.9. The molecule has 1 N–H and O–H groups in total. The fourth-order valence-electron chi connectivity index (χ4n) is 3.17. The molecule has 1 rings (SSSR count). The van der Waals surface area contributed by atoms with Crippen LogP contribution >= 0.6 is 0 Å². The second-order valence-corrected chi connectivity index (χ2v) is 7.50. The Bertz CT molecular complexity index is 373. The first-order valence-corrected chi connectivity index (χ1v) is 6.88. The summed E-state index contributed by atoms with van der Waals surface area (Å²) < 4.78 is 5.42. The van der Waals surface area contributed by atoms with E-state index in [9.17, 15) is 14.7 Å². The van der Waals surface area contributed by atoms with Crippen LogP contribution in [0.25, 0.3) is 0 Å². The fourth-order valence-corrected chi connectivity index (χ4v) is 3.17. The van der Waals surface area contributed by atoms with Crippen molar-refractivity contribution in [1.29, 1.82) is 0 Å². The third kappa shape index (κ3) is 2.93. The third-order valence-electron chi connectivity index (χ3n) is 4.07. The van der Waals surface area contributed by atoms with E-state index in [-0.39, 0.29) is 5.97 Å². The predicted octanol–water partition coefficient (Wildman–Crippen LogP) is 3.25. The molecule has 1 unspecified atom stereocenters. The van der Waals surface area contributed by atoms with E-state index in [0.29, 0.717) is 12.8 Å². The summed E-state index contributed by atoms with van der Waals surface area (Å²) in [6, 6.07) is 0. The van der Waals surface area contributed by atoms with Crippen molar-refractivity contribution in [3.8, 4) is 0 Å². The summed E-state index contributed by atoms with van der Waals surface area (Å²) >= 11 is 0. The Labute approximate surface area is 115 Å². The topological polar surface area (TPSA) is 63.6 Å². The highest BCUT2D eigenvalue weighted by Crippen LogP contribution is 2.55. The lowest BCUT2D eigenvalue weighted by atomic mass is 9.61. The van der Waals surface area contributed by atoms with E-state index in [0.717, 1.165) is 6.42 Å². The van der Waals surface area contributed by atoms with Gasteiger partial charge in [-0.3, -0.25) is 9.59 Å². The van der Waals surface area contributed by atoms with Gasteiger partial charge in [-0.25, -0.2) is 0 Å². The van der Waals surface area contributed by atoms with E-state index in [1.165, 1.54) is 0 Å². The molecule has 1 saturated carbocycles. The van der Waals surface area contributed by atoms with Crippen molar-refractivity contribution in [3.05, 3.63) is 0 Å². The van der Waals surface area contributed by atoms with Gasteiger partial charge in [0.2, 0.25) is 0 Å². The van der Waals surface area contributed by atoms with Gasteiger partial charge in [0, 0.05) is 0 Å². The van der Waals surface area contributed by atoms with Crippen molar-refractivity contribution in [2.75, 3.05) is 0 Å². The van der Waals surface area contributed by atoms with Crippen molar-refractivity contribution in [3.63, 3.8) is 0 Å². The van der Waals surface area contributed by atoms with E-state index in [1.807, 2.05) is 20.8 Å². The van der Waals surface area contributed by atoms with Gasteiger partial charge >= 0.3 is 11.9 Å². The first-order chi connectivity index (χ1) is 8.42. The number of carbonyl (C=O) groups is 2. The minimum Gasteiger partial charge on any atom is -0.481 e. The Morgan fingerprint density at radius 1 is 1.16 bits per heavy atom. The van der Waals surface area contributed by atoms with Gasteiger partial charge in [0.1, 0.15) is 5.60 Å². The molecule has 19 heavy (non-hydrogen) atoms. The second-order valence-electron chi connectivity index (χ2n) is 7.50. The largest absolute Gasteiger partial charge is 0.481 e. The number of carboxylic acid groups (broad SMARTS) is 1. The molecule has 0 saturated heterocycles. The van der Waals surface area contributed by atoms with Crippen LogP contribution in [0, 0.1) is 16.7 Å². The summed E-state index contributed by atoms with van der Waals surface area (Å²) in [6.07, 6.45) is 1.89. The number of aliphatic carboxylic acids is 1. The third-order valence-corrected chi connectivity index (χ3v) is 4.07. The van der Waals surface area contributed by atoms with Gasteiger partial charge < -0.3 is 9.84 Å². The van der Waals surface area contributed by atoms with Crippen LogP contribution in [0.4, 0.5) is 0 Å². The number of hydrogen-bond acceptors (Lipinski definition) is 3. The van der Waals surface area contributed by atoms with Crippen LogP contribution in [0.3, 0.4) is 0 Å². The molecule has 0 aromatic heterocycles. The standard InChI is InChI=1S/C15H26O4/c1-13(2,3)15(12(17)18)9-7-8-10(15)11(16)19-14(4,5)6/h10H,7-9H2,1-6H3,(H,17,18)/t10?,15-/m0/s1. The number of hydrogen-bond donors (Lipinski definition) is 1. The van der Waals surface area contributed by atoms with Crippen molar-refractivity contribution in [2.45, 2.75) is 66.4 Å². The number of ether oxygens (including phenoxy) is 1. The summed E-state index contributed by atoms with van der Waals surface area (Å²) in [7, 11) is 0. The SMILES string of the molecule is CC(C)(C)OC(=O)C1CCC[C@]1(C(=O)O)C(C)(C)C. The number of carbonyl (C=O) groups excluding carboxylic acids is 1. The van der Waals surface area contributed by atoms with E-state index < -0.39 is 28.3 Å². The van der Waals surface area contributed by atoms with Gasteiger partial charge in [-0.05, 0) is 39.0 Å². The highest BCUT2D eigenvalue weighted by atomic mass is 16.6. The van der Waals surface area contributed by atoms with Crippen molar-refractivity contribution < 1.29 is 19.4 Å². The maximum absolute atomic E-state index is 12.3. The average Bonchev–Trinajstić information content (AvgIpc) is 2.57. The molecule has 2 atom stereocenters. The smallest absolute Gasteiger partial charge is 0.311 e. The molecule has 0 radical (unpaired) electrons. The van der Waals surface area contributed by atoms with Gasteiger partial charge in [-0.15, -0.1) is 0 Å². The molecule has 0 aliphatic heterocycles. The molecule has 0 aromatic carbocycles. The molecule has 0 heterocycles. The molecule has 1 aliphatic carbocycles. The van der Waals surface area contributed by atoms with E-state index >= 15 is 0 Å². The summed E-state index contributed by atoms with van der Waals surface area (Å²) in [5.41, 5.74) is -2.08. The lowest BCUT2D eigenvalue weighted by molar-refractivity contribution is -0.178. The lowest BCUT2D eigenvalue weighted by Crippen LogP contribution is -2.49. The van der Waals surface area contributed by atoms with Crippen LogP contribution < -0.4 is 0 Å². The van der Waals surface area contributed by atoms with E-state index in [4.69, 9.17) is 4.74 Å². The second kappa shape index (κ2) is 4.80.